The first kappa shape index (κ1) is 5.96. The van der Waals surface area contributed by atoms with E-state index in [0.29, 0.717) is 6.04 Å². The van der Waals surface area contributed by atoms with Gasteiger partial charge < -0.3 is 0 Å². The fraction of sp³-hybridized carbons (Fsp3) is 0.625. The minimum atomic E-state index is 0.700. The van der Waals surface area contributed by atoms with E-state index in [2.05, 4.69) is 22.5 Å². The molecule has 0 bridgehead atoms. The summed E-state index contributed by atoms with van der Waals surface area (Å²) in [6.07, 6.45) is 8.96. The molecule has 2 aliphatic rings. The summed E-state index contributed by atoms with van der Waals surface area (Å²) in [4.78, 5) is 3.21. The number of rotatable bonds is 0. The summed E-state index contributed by atoms with van der Waals surface area (Å²) in [6.45, 7) is 1.14. The normalized spacial score (nSPS) is 36.8. The second kappa shape index (κ2) is 2.45. The number of nitrogens with one attached hydrogen (secondary N) is 2. The fourth-order valence-corrected chi connectivity index (χ4v) is 1.68. The van der Waals surface area contributed by atoms with Gasteiger partial charge in [-0.25, -0.2) is 0 Å². The van der Waals surface area contributed by atoms with Gasteiger partial charge in [0.05, 0.1) is 6.54 Å². The monoisotopic (exact) mass is 137 g/mol. The Morgan fingerprint density at radius 2 is 2.20 bits per heavy atom. The van der Waals surface area contributed by atoms with Crippen LogP contribution in [0, 0.1) is 5.92 Å². The molecule has 0 amide bonds. The van der Waals surface area contributed by atoms with Crippen molar-refractivity contribution in [1.82, 2.24) is 5.32 Å². The van der Waals surface area contributed by atoms with Gasteiger partial charge in [-0.2, -0.15) is 0 Å². The van der Waals surface area contributed by atoms with Gasteiger partial charge in [0, 0.05) is 12.3 Å². The van der Waals surface area contributed by atoms with Crippen molar-refractivity contribution in [2.24, 2.45) is 5.92 Å². The van der Waals surface area contributed by atoms with Crippen LogP contribution in [0.1, 0.15) is 12.8 Å². The Hall–Kier alpha value is -0.790. The van der Waals surface area contributed by atoms with E-state index < -0.39 is 0 Å². The van der Waals surface area contributed by atoms with Crippen LogP contribution in [0.15, 0.2) is 12.2 Å². The predicted octanol–water partition coefficient (Wildman–Crippen LogP) is -0.967. The van der Waals surface area contributed by atoms with E-state index >= 15 is 0 Å². The first-order valence-electron chi connectivity index (χ1n) is 3.93. The van der Waals surface area contributed by atoms with Crippen LogP contribution in [-0.4, -0.2) is 18.9 Å². The Bertz CT molecular complexity index is 136. The highest BCUT2D eigenvalue weighted by atomic mass is 15.0. The molecule has 10 heavy (non-hydrogen) atoms. The zero-order chi connectivity index (χ0) is 6.81. The SMILES string of the molecule is C1=CCC2NC=[NH+]CC2C1. The van der Waals surface area contributed by atoms with Crippen molar-refractivity contribution in [3.63, 3.8) is 0 Å². The van der Waals surface area contributed by atoms with Crippen LogP contribution in [0.25, 0.3) is 0 Å². The number of fused-ring (bicyclic) bond motifs is 1. The molecule has 2 atom stereocenters. The van der Waals surface area contributed by atoms with Gasteiger partial charge in [0.2, 0.25) is 6.34 Å². The third-order valence-electron chi connectivity index (χ3n) is 2.34. The maximum atomic E-state index is 3.33. The Balaban J connectivity index is 2.09. The lowest BCUT2D eigenvalue weighted by molar-refractivity contribution is -0.470. The third-order valence-corrected chi connectivity index (χ3v) is 2.34. The van der Waals surface area contributed by atoms with Crippen molar-refractivity contribution in [3.8, 4) is 0 Å². The lowest BCUT2D eigenvalue weighted by Gasteiger charge is -2.25. The molecule has 0 aromatic heterocycles. The van der Waals surface area contributed by atoms with Crippen LogP contribution in [0.2, 0.25) is 0 Å². The summed E-state index contributed by atoms with van der Waals surface area (Å²) in [5.41, 5.74) is 0. The van der Waals surface area contributed by atoms with Gasteiger partial charge in [0.25, 0.3) is 0 Å². The van der Waals surface area contributed by atoms with Gasteiger partial charge in [-0.1, -0.05) is 12.2 Å². The molecule has 0 saturated heterocycles. The Morgan fingerprint density at radius 3 is 3.10 bits per heavy atom. The summed E-state index contributed by atoms with van der Waals surface area (Å²) < 4.78 is 0. The highest BCUT2D eigenvalue weighted by molar-refractivity contribution is 5.48. The second-order valence-electron chi connectivity index (χ2n) is 3.03. The lowest BCUT2D eigenvalue weighted by Crippen LogP contribution is -2.78. The summed E-state index contributed by atoms with van der Waals surface area (Å²) in [5, 5.41) is 3.33. The highest BCUT2D eigenvalue weighted by Crippen LogP contribution is 2.17. The van der Waals surface area contributed by atoms with Crippen molar-refractivity contribution in [2.45, 2.75) is 18.9 Å². The van der Waals surface area contributed by atoms with Gasteiger partial charge >= 0.3 is 0 Å². The first-order valence-corrected chi connectivity index (χ1v) is 3.93. The smallest absolute Gasteiger partial charge is 0.230 e. The zero-order valence-electron chi connectivity index (χ0n) is 6.01. The van der Waals surface area contributed by atoms with E-state index in [1.807, 2.05) is 6.34 Å². The quantitative estimate of drug-likeness (QED) is 0.413. The molecule has 1 aliphatic heterocycles. The molecule has 0 saturated carbocycles. The van der Waals surface area contributed by atoms with E-state index in [0.717, 1.165) is 12.5 Å². The van der Waals surface area contributed by atoms with E-state index in [-0.39, 0.29) is 0 Å². The molecule has 2 N–H and O–H groups in total. The van der Waals surface area contributed by atoms with Crippen molar-refractivity contribution < 1.29 is 4.99 Å². The van der Waals surface area contributed by atoms with Crippen LogP contribution in [0.5, 0.6) is 0 Å². The number of allylic oxidation sites excluding steroid dienone is 1. The van der Waals surface area contributed by atoms with Crippen molar-refractivity contribution >= 4 is 6.34 Å². The average Bonchev–Trinajstić information content (AvgIpc) is 2.05. The topological polar surface area (TPSA) is 26.0 Å². The van der Waals surface area contributed by atoms with Crippen LogP contribution in [0.4, 0.5) is 0 Å². The molecule has 54 valence electrons. The van der Waals surface area contributed by atoms with Crippen LogP contribution in [0.3, 0.4) is 0 Å². The van der Waals surface area contributed by atoms with Gasteiger partial charge in [-0.3, -0.25) is 10.3 Å². The predicted molar refractivity (Wildman–Crippen MR) is 40.7 cm³/mol. The first-order chi connectivity index (χ1) is 4.97. The molecule has 1 aliphatic carbocycles. The Morgan fingerprint density at radius 1 is 1.30 bits per heavy atom. The zero-order valence-corrected chi connectivity index (χ0v) is 6.01. The molecule has 0 radical (unpaired) electrons. The van der Waals surface area contributed by atoms with E-state index in [4.69, 9.17) is 0 Å². The van der Waals surface area contributed by atoms with Gasteiger partial charge in [-0.15, -0.1) is 0 Å². The fourth-order valence-electron chi connectivity index (χ4n) is 1.68. The average molecular weight is 137 g/mol. The van der Waals surface area contributed by atoms with Crippen molar-refractivity contribution in [3.05, 3.63) is 12.2 Å². The van der Waals surface area contributed by atoms with E-state index in [1.165, 1.54) is 12.8 Å². The number of hydrogen-bond acceptors (Lipinski definition) is 1. The van der Waals surface area contributed by atoms with E-state index in [1.54, 1.807) is 0 Å². The van der Waals surface area contributed by atoms with Gasteiger partial charge in [-0.05, 0) is 6.42 Å². The third kappa shape index (κ3) is 0.939. The molecular weight excluding hydrogens is 124 g/mol. The molecule has 1 heterocycles. The standard InChI is InChI=1S/C8H12N2/c1-2-4-8-7(3-1)5-9-6-10-8/h1-2,6-8H,3-5H2,(H,9,10)/p+1. The molecule has 0 spiro atoms. The maximum Gasteiger partial charge on any atom is 0.230 e. The minimum absolute atomic E-state index is 0.700. The molecule has 2 unspecified atom stereocenters. The molecular formula is C8H13N2+. The molecule has 2 heteroatoms. The van der Waals surface area contributed by atoms with Crippen molar-refractivity contribution in [1.29, 1.82) is 0 Å². The molecule has 2 nitrogen and oxygen atoms in total. The summed E-state index contributed by atoms with van der Waals surface area (Å²) in [5.74, 6) is 0.815. The molecule has 2 rings (SSSR count). The minimum Gasteiger partial charge on any atom is -0.281 e. The van der Waals surface area contributed by atoms with Crippen LogP contribution >= 0.6 is 0 Å². The largest absolute Gasteiger partial charge is 0.281 e. The maximum absolute atomic E-state index is 3.33. The number of hydrogen-bond donors (Lipinski definition) is 2. The second-order valence-corrected chi connectivity index (χ2v) is 3.03. The highest BCUT2D eigenvalue weighted by Gasteiger charge is 2.27. The Labute approximate surface area is 61.0 Å². The van der Waals surface area contributed by atoms with Gasteiger partial charge in [0.1, 0.15) is 6.04 Å². The van der Waals surface area contributed by atoms with Crippen LogP contribution < -0.4 is 10.3 Å². The van der Waals surface area contributed by atoms with Gasteiger partial charge in [0.15, 0.2) is 0 Å². The molecule has 0 aromatic carbocycles. The molecule has 0 aromatic rings. The lowest BCUT2D eigenvalue weighted by atomic mass is 9.88. The molecule has 0 fully saturated rings. The summed E-state index contributed by atoms with van der Waals surface area (Å²) >= 11 is 0. The Kier molecular flexibility index (Phi) is 1.46. The summed E-state index contributed by atoms with van der Waals surface area (Å²) in [6, 6.07) is 0.700. The van der Waals surface area contributed by atoms with Crippen molar-refractivity contribution in [2.75, 3.05) is 6.54 Å². The van der Waals surface area contributed by atoms with E-state index in [9.17, 15) is 0 Å². The van der Waals surface area contributed by atoms with Crippen LogP contribution in [-0.2, 0) is 0 Å². The summed E-state index contributed by atoms with van der Waals surface area (Å²) in [7, 11) is 0.